The van der Waals surface area contributed by atoms with Crippen molar-refractivity contribution in [2.75, 3.05) is 5.32 Å². The van der Waals surface area contributed by atoms with Crippen LogP contribution in [-0.2, 0) is 12.0 Å². The highest BCUT2D eigenvalue weighted by Gasteiger charge is 2.19. The number of hydrogen-bond donors (Lipinski definition) is 1. The minimum Gasteiger partial charge on any atom is -0.381 e. The van der Waals surface area contributed by atoms with Crippen molar-refractivity contribution < 1.29 is 4.39 Å². The van der Waals surface area contributed by atoms with Crippen LogP contribution >= 0.6 is 15.9 Å². The molecule has 2 aromatic rings. The fraction of sp³-hybridized carbons (Fsp3) is 0.235. The number of nitrogens with one attached hydrogen (secondary N) is 1. The van der Waals surface area contributed by atoms with Gasteiger partial charge in [0.2, 0.25) is 0 Å². The van der Waals surface area contributed by atoms with E-state index < -0.39 is 5.41 Å². The Morgan fingerprint density at radius 1 is 1.19 bits per heavy atom. The Bertz CT molecular complexity index is 672. The molecule has 0 bridgehead atoms. The van der Waals surface area contributed by atoms with Gasteiger partial charge in [0.25, 0.3) is 0 Å². The van der Waals surface area contributed by atoms with Crippen molar-refractivity contribution in [2.45, 2.75) is 25.8 Å². The van der Waals surface area contributed by atoms with Crippen LogP contribution in [-0.4, -0.2) is 0 Å². The van der Waals surface area contributed by atoms with Gasteiger partial charge < -0.3 is 5.32 Å². The van der Waals surface area contributed by atoms with E-state index in [2.05, 4.69) is 27.3 Å². The molecule has 1 N–H and O–H groups in total. The summed E-state index contributed by atoms with van der Waals surface area (Å²) in [5, 5.41) is 12.3. The second-order valence-electron chi connectivity index (χ2n) is 5.40. The minimum absolute atomic E-state index is 0.237. The SMILES string of the molecule is CC(C)(C#N)c1ccc(NCc2ccc(Br)cc2F)cc1. The number of halogens is 2. The molecule has 2 rings (SSSR count). The zero-order valence-corrected chi connectivity index (χ0v) is 13.5. The van der Waals surface area contributed by atoms with Crippen LogP contribution in [0.15, 0.2) is 46.9 Å². The molecular weight excluding hydrogens is 331 g/mol. The molecule has 0 saturated heterocycles. The molecule has 0 heterocycles. The number of hydrogen-bond acceptors (Lipinski definition) is 2. The number of rotatable bonds is 4. The lowest BCUT2D eigenvalue weighted by molar-refractivity contribution is 0.612. The lowest BCUT2D eigenvalue weighted by Crippen LogP contribution is -2.13. The van der Waals surface area contributed by atoms with Gasteiger partial charge in [-0.05, 0) is 43.7 Å². The number of anilines is 1. The van der Waals surface area contributed by atoms with Crippen molar-refractivity contribution >= 4 is 21.6 Å². The van der Waals surface area contributed by atoms with Crippen molar-refractivity contribution in [3.8, 4) is 6.07 Å². The van der Waals surface area contributed by atoms with E-state index in [9.17, 15) is 4.39 Å². The van der Waals surface area contributed by atoms with E-state index in [1.54, 1.807) is 6.07 Å². The quantitative estimate of drug-likeness (QED) is 0.845. The number of nitrogens with zero attached hydrogens (tertiary/aromatic N) is 1. The summed E-state index contributed by atoms with van der Waals surface area (Å²) in [5.74, 6) is -0.237. The molecule has 21 heavy (non-hydrogen) atoms. The van der Waals surface area contributed by atoms with Gasteiger partial charge in [-0.15, -0.1) is 0 Å². The first-order chi connectivity index (χ1) is 9.92. The zero-order valence-electron chi connectivity index (χ0n) is 12.0. The van der Waals surface area contributed by atoms with Crippen molar-refractivity contribution in [1.29, 1.82) is 5.26 Å². The fourth-order valence-electron chi connectivity index (χ4n) is 1.93. The molecule has 0 fully saturated rings. The van der Waals surface area contributed by atoms with Crippen molar-refractivity contribution in [3.05, 3.63) is 63.9 Å². The molecule has 0 aromatic heterocycles. The first-order valence-electron chi connectivity index (χ1n) is 6.62. The monoisotopic (exact) mass is 346 g/mol. The van der Waals surface area contributed by atoms with Gasteiger partial charge in [-0.25, -0.2) is 4.39 Å². The predicted molar refractivity (Wildman–Crippen MR) is 86.5 cm³/mol. The molecule has 0 aliphatic rings. The van der Waals surface area contributed by atoms with Crippen LogP contribution in [0.1, 0.15) is 25.0 Å². The van der Waals surface area contributed by atoms with Gasteiger partial charge in [0.15, 0.2) is 0 Å². The van der Waals surface area contributed by atoms with E-state index >= 15 is 0 Å². The third kappa shape index (κ3) is 3.83. The van der Waals surface area contributed by atoms with Crippen LogP contribution in [0.25, 0.3) is 0 Å². The molecular formula is C17H16BrFN2. The zero-order chi connectivity index (χ0) is 15.5. The average molecular weight is 347 g/mol. The summed E-state index contributed by atoms with van der Waals surface area (Å²) in [6.07, 6.45) is 0. The van der Waals surface area contributed by atoms with Crippen LogP contribution < -0.4 is 5.32 Å². The van der Waals surface area contributed by atoms with Gasteiger partial charge in [0.05, 0.1) is 11.5 Å². The number of benzene rings is 2. The smallest absolute Gasteiger partial charge is 0.129 e. The normalized spacial score (nSPS) is 11.0. The largest absolute Gasteiger partial charge is 0.381 e. The predicted octanol–water partition coefficient (Wildman–Crippen LogP) is 5.00. The van der Waals surface area contributed by atoms with Crippen LogP contribution in [0.4, 0.5) is 10.1 Å². The van der Waals surface area contributed by atoms with Gasteiger partial charge in [-0.2, -0.15) is 5.26 Å². The molecule has 0 spiro atoms. The van der Waals surface area contributed by atoms with Crippen LogP contribution in [0.2, 0.25) is 0 Å². The Kier molecular flexibility index (Phi) is 4.64. The second-order valence-corrected chi connectivity index (χ2v) is 6.32. The Morgan fingerprint density at radius 3 is 2.43 bits per heavy atom. The van der Waals surface area contributed by atoms with Crippen molar-refractivity contribution in [3.63, 3.8) is 0 Å². The summed E-state index contributed by atoms with van der Waals surface area (Å²) in [6, 6.07) is 15.0. The minimum atomic E-state index is -0.504. The van der Waals surface area contributed by atoms with Gasteiger partial charge in [0, 0.05) is 22.3 Å². The molecule has 2 nitrogen and oxygen atoms in total. The molecule has 0 aliphatic heterocycles. The van der Waals surface area contributed by atoms with E-state index in [4.69, 9.17) is 5.26 Å². The molecule has 0 unspecified atom stereocenters. The highest BCUT2D eigenvalue weighted by Crippen LogP contribution is 2.24. The fourth-order valence-corrected chi connectivity index (χ4v) is 2.26. The summed E-state index contributed by atoms with van der Waals surface area (Å²) in [6.45, 7) is 4.18. The molecule has 0 saturated carbocycles. The maximum atomic E-state index is 13.7. The van der Waals surface area contributed by atoms with Gasteiger partial charge in [-0.1, -0.05) is 34.1 Å². The van der Waals surface area contributed by atoms with Crippen molar-refractivity contribution in [2.24, 2.45) is 0 Å². The summed E-state index contributed by atoms with van der Waals surface area (Å²) in [5.41, 5.74) is 1.97. The molecule has 0 atom stereocenters. The van der Waals surface area contributed by atoms with E-state index in [1.165, 1.54) is 6.07 Å². The van der Waals surface area contributed by atoms with Crippen molar-refractivity contribution in [1.82, 2.24) is 0 Å². The van der Waals surface area contributed by atoms with Gasteiger partial charge >= 0.3 is 0 Å². The average Bonchev–Trinajstić information content (AvgIpc) is 2.47. The third-order valence-corrected chi connectivity index (χ3v) is 3.88. The van der Waals surface area contributed by atoms with Crippen LogP contribution in [0.5, 0.6) is 0 Å². The Balaban J connectivity index is 2.06. The lowest BCUT2D eigenvalue weighted by atomic mass is 9.86. The maximum Gasteiger partial charge on any atom is 0.129 e. The Morgan fingerprint density at radius 2 is 1.86 bits per heavy atom. The molecule has 4 heteroatoms. The topological polar surface area (TPSA) is 35.8 Å². The maximum absolute atomic E-state index is 13.7. The number of nitriles is 1. The van der Waals surface area contributed by atoms with Gasteiger partial charge in [-0.3, -0.25) is 0 Å². The van der Waals surface area contributed by atoms with E-state index in [0.29, 0.717) is 12.1 Å². The lowest BCUT2D eigenvalue weighted by Gasteiger charge is -2.16. The first kappa shape index (κ1) is 15.5. The Labute approximate surface area is 132 Å². The summed E-state index contributed by atoms with van der Waals surface area (Å²) in [7, 11) is 0. The standard InChI is InChI=1S/C17H16BrFN2/c1-17(2,11-20)13-4-7-15(8-5-13)21-10-12-3-6-14(18)9-16(12)19/h3-9,21H,10H2,1-2H3. The summed E-state index contributed by atoms with van der Waals surface area (Å²) < 4.78 is 14.4. The van der Waals surface area contributed by atoms with E-state index in [-0.39, 0.29) is 5.82 Å². The van der Waals surface area contributed by atoms with E-state index in [1.807, 2.05) is 44.2 Å². The third-order valence-electron chi connectivity index (χ3n) is 3.38. The molecule has 0 radical (unpaired) electrons. The van der Waals surface area contributed by atoms with E-state index in [0.717, 1.165) is 15.7 Å². The van der Waals surface area contributed by atoms with Gasteiger partial charge in [0.1, 0.15) is 5.82 Å². The van der Waals surface area contributed by atoms with Crippen LogP contribution in [0.3, 0.4) is 0 Å². The molecule has 0 aliphatic carbocycles. The highest BCUT2D eigenvalue weighted by atomic mass is 79.9. The van der Waals surface area contributed by atoms with Crippen LogP contribution in [0, 0.1) is 17.1 Å². The molecule has 0 amide bonds. The Hall–Kier alpha value is -1.86. The molecule has 2 aromatic carbocycles. The highest BCUT2D eigenvalue weighted by molar-refractivity contribution is 9.10. The molecule has 108 valence electrons. The first-order valence-corrected chi connectivity index (χ1v) is 7.41. The second kappa shape index (κ2) is 6.28. The summed E-state index contributed by atoms with van der Waals surface area (Å²) in [4.78, 5) is 0. The summed E-state index contributed by atoms with van der Waals surface area (Å²) >= 11 is 3.24.